The van der Waals surface area contributed by atoms with Gasteiger partial charge in [0.15, 0.2) is 5.54 Å². The van der Waals surface area contributed by atoms with Crippen molar-refractivity contribution in [1.29, 1.82) is 0 Å². The number of para-hydroxylation sites is 1. The molecule has 1 N–H and O–H groups in total. The molecule has 0 aromatic heterocycles. The van der Waals surface area contributed by atoms with Crippen LogP contribution in [0.15, 0.2) is 54.1 Å². The van der Waals surface area contributed by atoms with E-state index in [-0.39, 0.29) is 29.9 Å². The number of hydrogen-bond donors (Lipinski definition) is 1. The van der Waals surface area contributed by atoms with Crippen LogP contribution in [0.25, 0.3) is 5.76 Å². The molecule has 2 fully saturated rings. The minimum absolute atomic E-state index is 0.106. The topological polar surface area (TPSA) is 87.2 Å². The Labute approximate surface area is 198 Å². The summed E-state index contributed by atoms with van der Waals surface area (Å²) in [6.07, 6.45) is 2.03. The van der Waals surface area contributed by atoms with E-state index in [0.717, 1.165) is 18.4 Å². The normalized spacial score (nSPS) is 25.6. The van der Waals surface area contributed by atoms with Crippen LogP contribution >= 0.6 is 0 Å². The second kappa shape index (κ2) is 8.40. The molecule has 2 amide bonds. The van der Waals surface area contributed by atoms with Gasteiger partial charge in [-0.25, -0.2) is 0 Å². The van der Waals surface area contributed by atoms with E-state index in [4.69, 9.17) is 4.74 Å². The molecular formula is C27H28N2O5. The Morgan fingerprint density at radius 1 is 1.12 bits per heavy atom. The maximum absolute atomic E-state index is 14.2. The van der Waals surface area contributed by atoms with Gasteiger partial charge in [-0.2, -0.15) is 0 Å². The van der Waals surface area contributed by atoms with Gasteiger partial charge in [-0.05, 0) is 32.3 Å². The Hall–Kier alpha value is -3.45. The third kappa shape index (κ3) is 3.10. The van der Waals surface area contributed by atoms with E-state index in [1.54, 1.807) is 29.2 Å². The number of ether oxygens (including phenoxy) is 1. The lowest BCUT2D eigenvalue weighted by molar-refractivity contribution is -0.145. The molecule has 2 atom stereocenters. The fraction of sp³-hybridized carbons (Fsp3) is 0.370. The zero-order valence-electron chi connectivity index (χ0n) is 19.4. The number of Topliss-reactive ketones (excluding diaryl/α,β-unsaturated/α-hetero) is 1. The fourth-order valence-corrected chi connectivity index (χ4v) is 5.41. The third-order valence-electron chi connectivity index (χ3n) is 6.99. The molecule has 0 aliphatic carbocycles. The number of nitrogens with zero attached hydrogens (tertiary/aromatic N) is 2. The molecule has 5 rings (SSSR count). The molecule has 0 saturated carbocycles. The number of aliphatic hydroxyl groups excluding tert-OH is 1. The lowest BCUT2D eigenvalue weighted by atomic mass is 9.81. The summed E-state index contributed by atoms with van der Waals surface area (Å²) in [7, 11) is 0. The Balaban J connectivity index is 1.79. The van der Waals surface area contributed by atoms with Crippen molar-refractivity contribution in [2.24, 2.45) is 0 Å². The number of benzene rings is 2. The van der Waals surface area contributed by atoms with E-state index in [2.05, 4.69) is 0 Å². The van der Waals surface area contributed by atoms with Crippen LogP contribution in [0.1, 0.15) is 42.9 Å². The van der Waals surface area contributed by atoms with Gasteiger partial charge in [-0.1, -0.05) is 55.0 Å². The van der Waals surface area contributed by atoms with Crippen molar-refractivity contribution in [2.45, 2.75) is 44.8 Å². The summed E-state index contributed by atoms with van der Waals surface area (Å²) in [5, 5.41) is 11.4. The van der Waals surface area contributed by atoms with Gasteiger partial charge >= 0.3 is 0 Å². The van der Waals surface area contributed by atoms with Gasteiger partial charge < -0.3 is 19.6 Å². The Kier molecular flexibility index (Phi) is 5.52. The number of fused-ring (bicyclic) bond motifs is 2. The van der Waals surface area contributed by atoms with E-state index < -0.39 is 17.2 Å². The fourth-order valence-electron chi connectivity index (χ4n) is 5.41. The van der Waals surface area contributed by atoms with E-state index in [1.807, 2.05) is 38.1 Å². The first kappa shape index (κ1) is 22.3. The number of carbonyl (C=O) groups excluding carboxylic acids is 3. The second-order valence-corrected chi connectivity index (χ2v) is 9.15. The average Bonchev–Trinajstić information content (AvgIpc) is 3.49. The molecule has 2 aromatic carbocycles. The van der Waals surface area contributed by atoms with Gasteiger partial charge in [0.1, 0.15) is 5.76 Å². The maximum Gasteiger partial charge on any atom is 0.296 e. The van der Waals surface area contributed by atoms with Crippen molar-refractivity contribution in [1.82, 2.24) is 4.90 Å². The molecule has 1 spiro atoms. The molecule has 0 bridgehead atoms. The van der Waals surface area contributed by atoms with E-state index in [9.17, 15) is 19.5 Å². The smallest absolute Gasteiger partial charge is 0.296 e. The Bertz CT molecular complexity index is 1200. The van der Waals surface area contributed by atoms with Crippen molar-refractivity contribution < 1.29 is 24.2 Å². The molecule has 3 aliphatic rings. The molecule has 3 aliphatic heterocycles. The van der Waals surface area contributed by atoms with Gasteiger partial charge in [-0.15, -0.1) is 0 Å². The number of ketones is 1. The Morgan fingerprint density at radius 3 is 2.53 bits per heavy atom. The molecule has 7 heteroatoms. The zero-order valence-corrected chi connectivity index (χ0v) is 19.4. The number of anilines is 1. The molecule has 7 nitrogen and oxygen atoms in total. The van der Waals surface area contributed by atoms with Crippen LogP contribution in [-0.2, 0) is 24.7 Å². The van der Waals surface area contributed by atoms with Crippen LogP contribution < -0.4 is 4.90 Å². The summed E-state index contributed by atoms with van der Waals surface area (Å²) in [6, 6.07) is 14.3. The number of likely N-dealkylation sites (tertiary alicyclic amines) is 1. The number of aryl methyl sites for hydroxylation is 1. The molecular weight excluding hydrogens is 432 g/mol. The number of rotatable bonds is 5. The number of hydrogen-bond acceptors (Lipinski definition) is 5. The predicted octanol–water partition coefficient (Wildman–Crippen LogP) is 3.51. The first-order chi connectivity index (χ1) is 16.4. The quantitative estimate of drug-likeness (QED) is 0.419. The molecule has 34 heavy (non-hydrogen) atoms. The summed E-state index contributed by atoms with van der Waals surface area (Å²) in [5.74, 6) is -2.36. The summed E-state index contributed by atoms with van der Waals surface area (Å²) < 4.78 is 5.78. The highest BCUT2D eigenvalue weighted by atomic mass is 16.5. The van der Waals surface area contributed by atoms with Gasteiger partial charge in [0.25, 0.3) is 17.6 Å². The largest absolute Gasteiger partial charge is 0.507 e. The van der Waals surface area contributed by atoms with Crippen molar-refractivity contribution in [3.63, 3.8) is 0 Å². The summed E-state index contributed by atoms with van der Waals surface area (Å²) in [4.78, 5) is 44.2. The highest BCUT2D eigenvalue weighted by molar-refractivity contribution is 6.50. The molecule has 2 aromatic rings. The lowest BCUT2D eigenvalue weighted by Gasteiger charge is -2.35. The van der Waals surface area contributed by atoms with Crippen molar-refractivity contribution in [2.75, 3.05) is 24.6 Å². The van der Waals surface area contributed by atoms with Crippen LogP contribution in [0.3, 0.4) is 0 Å². The van der Waals surface area contributed by atoms with Crippen LogP contribution in [0.4, 0.5) is 5.69 Å². The molecule has 3 heterocycles. The minimum atomic E-state index is -1.72. The van der Waals surface area contributed by atoms with Gasteiger partial charge in [0.2, 0.25) is 0 Å². The van der Waals surface area contributed by atoms with Gasteiger partial charge in [0.05, 0.1) is 17.4 Å². The number of carbonyl (C=O) groups is 3. The summed E-state index contributed by atoms with van der Waals surface area (Å²) in [5.41, 5.74) is 0.680. The first-order valence-corrected chi connectivity index (χ1v) is 11.8. The number of aliphatic hydroxyl groups is 1. The molecule has 2 unspecified atom stereocenters. The Morgan fingerprint density at radius 2 is 1.85 bits per heavy atom. The maximum atomic E-state index is 14.2. The third-order valence-corrected chi connectivity index (χ3v) is 6.99. The van der Waals surface area contributed by atoms with Gasteiger partial charge in [-0.3, -0.25) is 14.4 Å². The highest BCUT2D eigenvalue weighted by Gasteiger charge is 2.67. The van der Waals surface area contributed by atoms with Crippen LogP contribution in [-0.4, -0.2) is 53.4 Å². The van der Waals surface area contributed by atoms with Gasteiger partial charge in [0, 0.05) is 30.8 Å². The predicted molar refractivity (Wildman–Crippen MR) is 127 cm³/mol. The molecule has 2 saturated heterocycles. The van der Waals surface area contributed by atoms with Crippen molar-refractivity contribution in [3.05, 3.63) is 70.8 Å². The highest BCUT2D eigenvalue weighted by Crippen LogP contribution is 2.53. The minimum Gasteiger partial charge on any atom is -0.507 e. The summed E-state index contributed by atoms with van der Waals surface area (Å²) in [6.45, 7) is 5.01. The standard InChI is InChI=1S/C27H28N2O5/c1-3-14-28-21-9-5-4-8-20(21)27(26(28)33)22(23(30)18-12-10-17(2)11-13-18)24(31)25(32)29(27)16-19-7-6-15-34-19/h4-5,8-13,19,30H,3,6-7,14-16H2,1-2H3/b23-22-. The lowest BCUT2D eigenvalue weighted by Crippen LogP contribution is -2.53. The van der Waals surface area contributed by atoms with E-state index in [0.29, 0.717) is 36.4 Å². The molecule has 176 valence electrons. The SMILES string of the molecule is CCCN1C(=O)C2(/C(=C(\O)c3ccc(C)cc3)C(=O)C(=O)N2CC2CCCO2)c2ccccc21. The van der Waals surface area contributed by atoms with Crippen LogP contribution in [0.5, 0.6) is 0 Å². The van der Waals surface area contributed by atoms with Crippen molar-refractivity contribution >= 4 is 29.0 Å². The summed E-state index contributed by atoms with van der Waals surface area (Å²) >= 11 is 0. The zero-order chi connectivity index (χ0) is 24.0. The van der Waals surface area contributed by atoms with E-state index >= 15 is 0 Å². The second-order valence-electron chi connectivity index (χ2n) is 9.15. The van der Waals surface area contributed by atoms with Crippen LogP contribution in [0.2, 0.25) is 0 Å². The first-order valence-electron chi connectivity index (χ1n) is 11.8. The van der Waals surface area contributed by atoms with Crippen LogP contribution in [0, 0.1) is 6.92 Å². The molecule has 0 radical (unpaired) electrons. The monoisotopic (exact) mass is 460 g/mol. The van der Waals surface area contributed by atoms with Crippen molar-refractivity contribution in [3.8, 4) is 0 Å². The number of amides is 2. The van der Waals surface area contributed by atoms with E-state index in [1.165, 1.54) is 4.90 Å². The average molecular weight is 461 g/mol.